The summed E-state index contributed by atoms with van der Waals surface area (Å²) < 4.78 is 5.25. The SMILES string of the molecule is COc1ccccc1NC(=O)c1ccc(NC(=O)CN2CCCC(C)C2)cc1. The van der Waals surface area contributed by atoms with E-state index in [-0.39, 0.29) is 11.8 Å². The predicted octanol–water partition coefficient (Wildman–Crippen LogP) is 3.62. The molecule has 1 fully saturated rings. The molecular formula is C22H27N3O3. The van der Waals surface area contributed by atoms with Gasteiger partial charge >= 0.3 is 0 Å². The highest BCUT2D eigenvalue weighted by atomic mass is 16.5. The van der Waals surface area contributed by atoms with E-state index in [1.165, 1.54) is 6.42 Å². The van der Waals surface area contributed by atoms with Crippen LogP contribution in [0.2, 0.25) is 0 Å². The number of piperidine rings is 1. The lowest BCUT2D eigenvalue weighted by atomic mass is 10.0. The van der Waals surface area contributed by atoms with Crippen LogP contribution in [0.25, 0.3) is 0 Å². The van der Waals surface area contributed by atoms with Crippen molar-refractivity contribution >= 4 is 23.2 Å². The molecule has 6 heteroatoms. The molecule has 2 aromatic carbocycles. The zero-order valence-corrected chi connectivity index (χ0v) is 16.4. The normalized spacial score (nSPS) is 17.0. The number of carbonyl (C=O) groups is 2. The van der Waals surface area contributed by atoms with Crippen LogP contribution >= 0.6 is 0 Å². The van der Waals surface area contributed by atoms with Crippen molar-refractivity contribution in [2.24, 2.45) is 5.92 Å². The van der Waals surface area contributed by atoms with Crippen LogP contribution in [0.15, 0.2) is 48.5 Å². The van der Waals surface area contributed by atoms with Crippen molar-refractivity contribution < 1.29 is 14.3 Å². The van der Waals surface area contributed by atoms with Gasteiger partial charge in [0.1, 0.15) is 5.75 Å². The van der Waals surface area contributed by atoms with Gasteiger partial charge in [0.2, 0.25) is 5.91 Å². The van der Waals surface area contributed by atoms with Crippen molar-refractivity contribution in [3.8, 4) is 5.75 Å². The largest absolute Gasteiger partial charge is 0.495 e. The number of para-hydroxylation sites is 2. The quantitative estimate of drug-likeness (QED) is 0.802. The number of likely N-dealkylation sites (tertiary alicyclic amines) is 1. The van der Waals surface area contributed by atoms with Gasteiger partial charge in [-0.05, 0) is 61.7 Å². The lowest BCUT2D eigenvalue weighted by Gasteiger charge is -2.30. The number of nitrogens with one attached hydrogen (secondary N) is 2. The molecule has 0 bridgehead atoms. The molecule has 1 aliphatic rings. The zero-order valence-electron chi connectivity index (χ0n) is 16.4. The van der Waals surface area contributed by atoms with Crippen molar-refractivity contribution in [1.82, 2.24) is 4.90 Å². The van der Waals surface area contributed by atoms with Crippen LogP contribution in [0.5, 0.6) is 5.75 Å². The minimum absolute atomic E-state index is 0.0275. The van der Waals surface area contributed by atoms with Crippen LogP contribution in [0.3, 0.4) is 0 Å². The highest BCUT2D eigenvalue weighted by Crippen LogP contribution is 2.24. The van der Waals surface area contributed by atoms with Crippen molar-refractivity contribution in [1.29, 1.82) is 0 Å². The van der Waals surface area contributed by atoms with Gasteiger partial charge in [0.15, 0.2) is 0 Å². The van der Waals surface area contributed by atoms with Crippen LogP contribution in [-0.2, 0) is 4.79 Å². The Labute approximate surface area is 165 Å². The maximum atomic E-state index is 12.4. The van der Waals surface area contributed by atoms with Crippen LogP contribution in [0.1, 0.15) is 30.1 Å². The van der Waals surface area contributed by atoms with Gasteiger partial charge in [-0.15, -0.1) is 0 Å². The van der Waals surface area contributed by atoms with Crippen molar-refractivity contribution in [2.75, 3.05) is 37.4 Å². The lowest BCUT2D eigenvalue weighted by Crippen LogP contribution is -2.39. The average molecular weight is 381 g/mol. The van der Waals surface area contributed by atoms with Crippen LogP contribution in [-0.4, -0.2) is 43.5 Å². The number of nitrogens with zero attached hydrogens (tertiary/aromatic N) is 1. The number of anilines is 2. The third kappa shape index (κ3) is 5.33. The highest BCUT2D eigenvalue weighted by Gasteiger charge is 2.18. The molecule has 2 N–H and O–H groups in total. The second kappa shape index (κ2) is 9.37. The minimum atomic E-state index is -0.232. The topological polar surface area (TPSA) is 70.7 Å². The number of carbonyl (C=O) groups excluding carboxylic acids is 2. The molecule has 1 unspecified atom stereocenters. The highest BCUT2D eigenvalue weighted by molar-refractivity contribution is 6.05. The smallest absolute Gasteiger partial charge is 0.255 e. The van der Waals surface area contributed by atoms with E-state index in [0.717, 1.165) is 19.5 Å². The van der Waals surface area contributed by atoms with Crippen LogP contribution < -0.4 is 15.4 Å². The molecular weight excluding hydrogens is 354 g/mol. The summed E-state index contributed by atoms with van der Waals surface area (Å²) in [6.45, 7) is 4.56. The maximum Gasteiger partial charge on any atom is 0.255 e. The van der Waals surface area contributed by atoms with Gasteiger partial charge in [-0.25, -0.2) is 0 Å². The first-order valence-electron chi connectivity index (χ1n) is 9.62. The number of ether oxygens (including phenoxy) is 1. The molecule has 0 saturated carbocycles. The fraction of sp³-hybridized carbons (Fsp3) is 0.364. The van der Waals surface area contributed by atoms with E-state index in [1.807, 2.05) is 12.1 Å². The van der Waals surface area contributed by atoms with Gasteiger partial charge in [-0.2, -0.15) is 0 Å². The second-order valence-corrected chi connectivity index (χ2v) is 7.26. The molecule has 1 aliphatic heterocycles. The summed E-state index contributed by atoms with van der Waals surface area (Å²) in [5, 5.41) is 5.74. The Morgan fingerprint density at radius 3 is 2.57 bits per heavy atom. The first-order valence-corrected chi connectivity index (χ1v) is 9.62. The Morgan fingerprint density at radius 1 is 1.11 bits per heavy atom. The molecule has 2 amide bonds. The van der Waals surface area contributed by atoms with E-state index >= 15 is 0 Å². The lowest BCUT2D eigenvalue weighted by molar-refractivity contribution is -0.117. The van der Waals surface area contributed by atoms with E-state index in [9.17, 15) is 9.59 Å². The molecule has 148 valence electrons. The summed E-state index contributed by atoms with van der Waals surface area (Å²) in [7, 11) is 1.56. The monoisotopic (exact) mass is 381 g/mol. The third-order valence-corrected chi connectivity index (χ3v) is 4.89. The second-order valence-electron chi connectivity index (χ2n) is 7.26. The van der Waals surface area contributed by atoms with E-state index < -0.39 is 0 Å². The number of methoxy groups -OCH3 is 1. The van der Waals surface area contributed by atoms with Crippen LogP contribution in [0.4, 0.5) is 11.4 Å². The fourth-order valence-corrected chi connectivity index (χ4v) is 3.48. The maximum absolute atomic E-state index is 12.4. The molecule has 2 aromatic rings. The van der Waals surface area contributed by atoms with Gasteiger partial charge in [-0.1, -0.05) is 19.1 Å². The van der Waals surface area contributed by atoms with Gasteiger partial charge < -0.3 is 15.4 Å². The molecule has 1 atom stereocenters. The Balaban J connectivity index is 1.55. The molecule has 0 radical (unpaired) electrons. The third-order valence-electron chi connectivity index (χ3n) is 4.89. The zero-order chi connectivity index (χ0) is 19.9. The molecule has 28 heavy (non-hydrogen) atoms. The van der Waals surface area contributed by atoms with E-state index in [2.05, 4.69) is 22.5 Å². The summed E-state index contributed by atoms with van der Waals surface area (Å²) in [5.74, 6) is 0.986. The average Bonchev–Trinajstić information content (AvgIpc) is 2.69. The molecule has 0 aliphatic carbocycles. The van der Waals surface area contributed by atoms with Gasteiger partial charge in [0.25, 0.3) is 5.91 Å². The first kappa shape index (κ1) is 19.9. The number of hydrogen-bond donors (Lipinski definition) is 2. The van der Waals surface area contributed by atoms with Crippen molar-refractivity contribution in [2.45, 2.75) is 19.8 Å². The van der Waals surface area contributed by atoms with E-state index in [0.29, 0.717) is 35.2 Å². The summed E-state index contributed by atoms with van der Waals surface area (Å²) >= 11 is 0. The number of hydrogen-bond acceptors (Lipinski definition) is 4. The molecule has 3 rings (SSSR count). The molecule has 6 nitrogen and oxygen atoms in total. The number of rotatable bonds is 6. The molecule has 0 aromatic heterocycles. The van der Waals surface area contributed by atoms with E-state index in [4.69, 9.17) is 4.74 Å². The van der Waals surface area contributed by atoms with Crippen molar-refractivity contribution in [3.05, 3.63) is 54.1 Å². The van der Waals surface area contributed by atoms with E-state index in [1.54, 1.807) is 43.5 Å². The number of amides is 2. The van der Waals surface area contributed by atoms with Crippen LogP contribution in [0, 0.1) is 5.92 Å². The standard InChI is InChI=1S/C22H27N3O3/c1-16-6-5-13-25(14-16)15-21(26)23-18-11-9-17(10-12-18)22(27)24-19-7-3-4-8-20(19)28-2/h3-4,7-12,16H,5-6,13-15H2,1-2H3,(H,23,26)(H,24,27). The molecule has 1 heterocycles. The summed E-state index contributed by atoms with van der Waals surface area (Å²) in [6.07, 6.45) is 2.38. The Hall–Kier alpha value is -2.86. The van der Waals surface area contributed by atoms with Gasteiger partial charge in [-0.3, -0.25) is 14.5 Å². The fourth-order valence-electron chi connectivity index (χ4n) is 3.48. The van der Waals surface area contributed by atoms with Gasteiger partial charge in [0.05, 0.1) is 19.3 Å². The summed E-state index contributed by atoms with van der Waals surface area (Å²) in [4.78, 5) is 26.9. The molecule has 1 saturated heterocycles. The van der Waals surface area contributed by atoms with Gasteiger partial charge in [0, 0.05) is 17.8 Å². The molecule has 0 spiro atoms. The predicted molar refractivity (Wildman–Crippen MR) is 111 cm³/mol. The first-order chi connectivity index (χ1) is 13.5. The van der Waals surface area contributed by atoms with Crippen molar-refractivity contribution in [3.63, 3.8) is 0 Å². The summed E-state index contributed by atoms with van der Waals surface area (Å²) in [6, 6.07) is 14.1. The Kier molecular flexibility index (Phi) is 6.66. The minimum Gasteiger partial charge on any atom is -0.495 e. The Bertz CT molecular complexity index is 820. The number of benzene rings is 2. The summed E-state index contributed by atoms with van der Waals surface area (Å²) in [5.41, 5.74) is 1.81. The Morgan fingerprint density at radius 2 is 1.86 bits per heavy atom.